The average Bonchev–Trinajstić information content (AvgIpc) is 2.32. The maximum Gasteiger partial charge on any atom is 0.101 e. The van der Waals surface area contributed by atoms with Crippen molar-refractivity contribution in [2.75, 3.05) is 0 Å². The lowest BCUT2D eigenvalue weighted by molar-refractivity contribution is 1.13. The van der Waals surface area contributed by atoms with E-state index in [0.717, 1.165) is 15.5 Å². The highest BCUT2D eigenvalue weighted by molar-refractivity contribution is 7.99. The summed E-state index contributed by atoms with van der Waals surface area (Å²) >= 11 is 7.32. The Morgan fingerprint density at radius 1 is 1.29 bits per heavy atom. The van der Waals surface area contributed by atoms with Gasteiger partial charge in [-0.2, -0.15) is 5.26 Å². The van der Waals surface area contributed by atoms with E-state index in [1.54, 1.807) is 18.0 Å². The second-order valence-corrected chi connectivity index (χ2v) is 5.04. The van der Waals surface area contributed by atoms with Crippen LogP contribution in [0, 0.1) is 18.3 Å². The van der Waals surface area contributed by atoms with Crippen LogP contribution in [0.15, 0.2) is 46.5 Å². The number of hydrogen-bond acceptors (Lipinski definition) is 3. The van der Waals surface area contributed by atoms with Crippen LogP contribution in [-0.2, 0) is 0 Å². The molecule has 0 amide bonds. The number of rotatable bonds is 2. The molecule has 0 aliphatic heterocycles. The van der Waals surface area contributed by atoms with Gasteiger partial charge >= 0.3 is 0 Å². The highest BCUT2D eigenvalue weighted by Gasteiger charge is 2.02. The molecule has 4 heteroatoms. The molecule has 1 aromatic carbocycles. The molecular formula is C13H9ClN2S. The summed E-state index contributed by atoms with van der Waals surface area (Å²) in [6.07, 6.45) is 1.63. The van der Waals surface area contributed by atoms with Crippen molar-refractivity contribution in [3.05, 3.63) is 52.7 Å². The summed E-state index contributed by atoms with van der Waals surface area (Å²) in [6, 6.07) is 11.6. The van der Waals surface area contributed by atoms with Crippen LogP contribution >= 0.6 is 23.4 Å². The lowest BCUT2D eigenvalue weighted by Crippen LogP contribution is -1.84. The van der Waals surface area contributed by atoms with Crippen molar-refractivity contribution in [2.24, 2.45) is 0 Å². The summed E-state index contributed by atoms with van der Waals surface area (Å²) in [7, 11) is 0. The number of hydrogen-bond donors (Lipinski definition) is 0. The van der Waals surface area contributed by atoms with Gasteiger partial charge in [-0.1, -0.05) is 23.4 Å². The molecule has 0 atom stereocenters. The molecular weight excluding hydrogens is 252 g/mol. The molecule has 84 valence electrons. The molecule has 0 bridgehead atoms. The zero-order chi connectivity index (χ0) is 12.3. The standard InChI is InChI=1S/C13H9ClN2S/c1-9-6-12(4-2-10(9)7-15)17-13-5-3-11(14)8-16-13/h2-6,8H,1H3. The SMILES string of the molecule is Cc1cc(Sc2ccc(Cl)cn2)ccc1C#N. The smallest absolute Gasteiger partial charge is 0.101 e. The van der Waals surface area contributed by atoms with E-state index in [1.165, 1.54) is 0 Å². The summed E-state index contributed by atoms with van der Waals surface area (Å²) in [5.74, 6) is 0. The van der Waals surface area contributed by atoms with Gasteiger partial charge in [-0.3, -0.25) is 0 Å². The fraction of sp³-hybridized carbons (Fsp3) is 0.0769. The molecule has 0 N–H and O–H groups in total. The number of nitriles is 1. The van der Waals surface area contributed by atoms with E-state index in [9.17, 15) is 0 Å². The van der Waals surface area contributed by atoms with E-state index in [-0.39, 0.29) is 0 Å². The molecule has 0 aliphatic rings. The zero-order valence-corrected chi connectivity index (χ0v) is 10.7. The number of aryl methyl sites for hydroxylation is 1. The molecule has 0 aliphatic carbocycles. The maximum absolute atomic E-state index is 8.85. The molecule has 2 aromatic rings. The van der Waals surface area contributed by atoms with Crippen molar-refractivity contribution >= 4 is 23.4 Å². The van der Waals surface area contributed by atoms with Gasteiger partial charge in [0.05, 0.1) is 16.7 Å². The number of pyridine rings is 1. The van der Waals surface area contributed by atoms with Crippen molar-refractivity contribution in [2.45, 2.75) is 16.8 Å². The van der Waals surface area contributed by atoms with Crippen molar-refractivity contribution in [1.82, 2.24) is 4.98 Å². The van der Waals surface area contributed by atoms with E-state index in [1.807, 2.05) is 37.3 Å². The molecule has 1 heterocycles. The van der Waals surface area contributed by atoms with E-state index in [4.69, 9.17) is 16.9 Å². The van der Waals surface area contributed by atoms with E-state index < -0.39 is 0 Å². The Morgan fingerprint density at radius 3 is 2.71 bits per heavy atom. The topological polar surface area (TPSA) is 36.7 Å². The fourth-order valence-electron chi connectivity index (χ4n) is 1.37. The Balaban J connectivity index is 2.22. The van der Waals surface area contributed by atoms with Gasteiger partial charge < -0.3 is 0 Å². The fourth-order valence-corrected chi connectivity index (χ4v) is 2.34. The molecule has 0 unspecified atom stereocenters. The quantitative estimate of drug-likeness (QED) is 0.817. The minimum absolute atomic E-state index is 0.630. The van der Waals surface area contributed by atoms with Gasteiger partial charge in [0.25, 0.3) is 0 Å². The third kappa shape index (κ3) is 3.00. The highest BCUT2D eigenvalue weighted by Crippen LogP contribution is 2.27. The van der Waals surface area contributed by atoms with Gasteiger partial charge in [0.2, 0.25) is 0 Å². The van der Waals surface area contributed by atoms with Gasteiger partial charge in [0.1, 0.15) is 5.03 Å². The van der Waals surface area contributed by atoms with E-state index in [0.29, 0.717) is 10.6 Å². The number of benzene rings is 1. The minimum Gasteiger partial charge on any atom is -0.248 e. The first-order valence-corrected chi connectivity index (χ1v) is 6.18. The lowest BCUT2D eigenvalue weighted by Gasteiger charge is -2.03. The molecule has 2 rings (SSSR count). The molecule has 0 spiro atoms. The predicted octanol–water partition coefficient (Wildman–Crippen LogP) is 4.07. The monoisotopic (exact) mass is 260 g/mol. The van der Waals surface area contributed by atoms with Gasteiger partial charge in [-0.05, 0) is 42.8 Å². The van der Waals surface area contributed by atoms with Gasteiger partial charge in [-0.25, -0.2) is 4.98 Å². The zero-order valence-electron chi connectivity index (χ0n) is 9.14. The van der Waals surface area contributed by atoms with E-state index >= 15 is 0 Å². The van der Waals surface area contributed by atoms with Crippen LogP contribution in [0.3, 0.4) is 0 Å². The van der Waals surface area contributed by atoms with Gasteiger partial charge in [0.15, 0.2) is 0 Å². The summed E-state index contributed by atoms with van der Waals surface area (Å²) in [4.78, 5) is 5.28. The molecule has 17 heavy (non-hydrogen) atoms. The first-order chi connectivity index (χ1) is 8.19. The average molecular weight is 261 g/mol. The molecule has 2 nitrogen and oxygen atoms in total. The number of nitrogens with zero attached hydrogens (tertiary/aromatic N) is 2. The van der Waals surface area contributed by atoms with Crippen LogP contribution in [-0.4, -0.2) is 4.98 Å². The summed E-state index contributed by atoms with van der Waals surface area (Å²) in [5.41, 5.74) is 1.69. The lowest BCUT2D eigenvalue weighted by atomic mass is 10.1. The van der Waals surface area contributed by atoms with Crippen LogP contribution in [0.25, 0.3) is 0 Å². The molecule has 0 fully saturated rings. The highest BCUT2D eigenvalue weighted by atomic mass is 35.5. The third-order valence-electron chi connectivity index (χ3n) is 2.24. The minimum atomic E-state index is 0.630. The predicted molar refractivity (Wildman–Crippen MR) is 69.3 cm³/mol. The summed E-state index contributed by atoms with van der Waals surface area (Å²) in [6.45, 7) is 1.93. The van der Waals surface area contributed by atoms with Gasteiger partial charge in [-0.15, -0.1) is 0 Å². The molecule has 1 aromatic heterocycles. The van der Waals surface area contributed by atoms with Crippen molar-refractivity contribution in [3.8, 4) is 6.07 Å². The Hall–Kier alpha value is -1.50. The van der Waals surface area contributed by atoms with Crippen LogP contribution < -0.4 is 0 Å². The Kier molecular flexibility index (Phi) is 3.68. The first-order valence-electron chi connectivity index (χ1n) is 4.99. The summed E-state index contributed by atoms with van der Waals surface area (Å²) in [5, 5.41) is 10.4. The van der Waals surface area contributed by atoms with Crippen LogP contribution in [0.4, 0.5) is 0 Å². The third-order valence-corrected chi connectivity index (χ3v) is 3.40. The van der Waals surface area contributed by atoms with Gasteiger partial charge in [0, 0.05) is 11.1 Å². The van der Waals surface area contributed by atoms with Crippen LogP contribution in [0.5, 0.6) is 0 Å². The Labute approximate surface area is 109 Å². The number of halogens is 1. The van der Waals surface area contributed by atoms with Crippen molar-refractivity contribution in [1.29, 1.82) is 5.26 Å². The maximum atomic E-state index is 8.85. The first kappa shape index (κ1) is 12.0. The Morgan fingerprint density at radius 2 is 2.12 bits per heavy atom. The van der Waals surface area contributed by atoms with Crippen molar-refractivity contribution in [3.63, 3.8) is 0 Å². The largest absolute Gasteiger partial charge is 0.248 e. The molecule has 0 saturated carbocycles. The normalized spacial score (nSPS) is 9.94. The van der Waals surface area contributed by atoms with Crippen LogP contribution in [0.1, 0.15) is 11.1 Å². The van der Waals surface area contributed by atoms with E-state index in [2.05, 4.69) is 11.1 Å². The second-order valence-electron chi connectivity index (χ2n) is 3.51. The number of aromatic nitrogens is 1. The molecule has 0 radical (unpaired) electrons. The summed E-state index contributed by atoms with van der Waals surface area (Å²) < 4.78 is 0. The van der Waals surface area contributed by atoms with Crippen molar-refractivity contribution < 1.29 is 0 Å². The second kappa shape index (κ2) is 5.22. The Bertz CT molecular complexity index is 573. The molecule has 0 saturated heterocycles. The van der Waals surface area contributed by atoms with Crippen LogP contribution in [0.2, 0.25) is 5.02 Å².